The van der Waals surface area contributed by atoms with Crippen LogP contribution in [0.25, 0.3) is 22.6 Å². The largest absolute Gasteiger partial charge is 0.486 e. The first-order valence-electron chi connectivity index (χ1n) is 6.54. The lowest BCUT2D eigenvalue weighted by Crippen LogP contribution is -2.15. The standard InChI is InChI=1S/C14H12N4O3/c1-18-13-12(17-14(18)19)15-7-9(16-13)8-2-3-10-11(6-8)21-5-4-20-10/h2-3,6-7H,4-5H2,1H3,(H,15,17,19). The number of hydrogen-bond donors (Lipinski definition) is 1. The van der Waals surface area contributed by atoms with Crippen LogP contribution in [-0.4, -0.2) is 32.7 Å². The molecule has 0 atom stereocenters. The van der Waals surface area contributed by atoms with Gasteiger partial charge in [-0.25, -0.2) is 14.8 Å². The van der Waals surface area contributed by atoms with Crippen molar-refractivity contribution in [3.63, 3.8) is 0 Å². The van der Waals surface area contributed by atoms with Gasteiger partial charge >= 0.3 is 5.69 Å². The molecule has 7 heteroatoms. The minimum atomic E-state index is -0.232. The number of aromatic nitrogens is 4. The van der Waals surface area contributed by atoms with Gasteiger partial charge in [0.15, 0.2) is 22.8 Å². The van der Waals surface area contributed by atoms with Crippen LogP contribution < -0.4 is 15.2 Å². The van der Waals surface area contributed by atoms with Gasteiger partial charge in [0.1, 0.15) is 13.2 Å². The number of nitrogens with one attached hydrogen (secondary N) is 1. The number of H-pyrrole nitrogens is 1. The van der Waals surface area contributed by atoms with Crippen LogP contribution >= 0.6 is 0 Å². The predicted octanol–water partition coefficient (Wildman–Crippen LogP) is 1.09. The van der Waals surface area contributed by atoms with Gasteiger partial charge in [-0.3, -0.25) is 9.55 Å². The minimum absolute atomic E-state index is 0.232. The quantitative estimate of drug-likeness (QED) is 0.723. The lowest BCUT2D eigenvalue weighted by molar-refractivity contribution is 0.171. The van der Waals surface area contributed by atoms with Gasteiger partial charge in [0.05, 0.1) is 11.9 Å². The maximum Gasteiger partial charge on any atom is 0.328 e. The Hall–Kier alpha value is -2.83. The molecule has 0 bridgehead atoms. The Bertz CT molecular complexity index is 897. The molecule has 3 heterocycles. The van der Waals surface area contributed by atoms with Gasteiger partial charge in [-0.1, -0.05) is 0 Å². The summed E-state index contributed by atoms with van der Waals surface area (Å²) in [6, 6.07) is 5.62. The first-order valence-corrected chi connectivity index (χ1v) is 6.54. The number of imidazole rings is 1. The highest BCUT2D eigenvalue weighted by Crippen LogP contribution is 2.33. The minimum Gasteiger partial charge on any atom is -0.486 e. The molecule has 1 aromatic carbocycles. The van der Waals surface area contributed by atoms with E-state index in [2.05, 4.69) is 15.0 Å². The average molecular weight is 284 g/mol. The molecule has 1 aliphatic heterocycles. The van der Waals surface area contributed by atoms with Crippen LogP contribution in [0.3, 0.4) is 0 Å². The topological polar surface area (TPSA) is 82.0 Å². The molecule has 0 saturated carbocycles. The summed E-state index contributed by atoms with van der Waals surface area (Å²) >= 11 is 0. The molecule has 1 N–H and O–H groups in total. The zero-order valence-electron chi connectivity index (χ0n) is 11.3. The number of aryl methyl sites for hydroxylation is 1. The Balaban J connectivity index is 1.86. The third-order valence-electron chi connectivity index (χ3n) is 3.44. The molecule has 106 valence electrons. The second kappa shape index (κ2) is 4.34. The van der Waals surface area contributed by atoms with E-state index in [9.17, 15) is 4.79 Å². The Morgan fingerprint density at radius 3 is 2.90 bits per heavy atom. The van der Waals surface area contributed by atoms with Gasteiger partial charge in [-0.2, -0.15) is 0 Å². The third kappa shape index (κ3) is 1.85. The van der Waals surface area contributed by atoms with E-state index in [0.29, 0.717) is 36.0 Å². The van der Waals surface area contributed by atoms with Crippen molar-refractivity contribution in [2.45, 2.75) is 0 Å². The van der Waals surface area contributed by atoms with E-state index in [1.165, 1.54) is 4.57 Å². The van der Waals surface area contributed by atoms with Crippen LogP contribution in [-0.2, 0) is 7.05 Å². The second-order valence-corrected chi connectivity index (χ2v) is 4.78. The van der Waals surface area contributed by atoms with Crippen molar-refractivity contribution in [3.8, 4) is 22.8 Å². The highest BCUT2D eigenvalue weighted by molar-refractivity contribution is 5.71. The van der Waals surface area contributed by atoms with Gasteiger partial charge in [-0.15, -0.1) is 0 Å². The summed E-state index contributed by atoms with van der Waals surface area (Å²) in [6.07, 6.45) is 1.63. The van der Waals surface area contributed by atoms with Crippen molar-refractivity contribution in [2.24, 2.45) is 7.05 Å². The van der Waals surface area contributed by atoms with E-state index in [1.54, 1.807) is 13.2 Å². The lowest BCUT2D eigenvalue weighted by atomic mass is 10.1. The Morgan fingerprint density at radius 2 is 2.05 bits per heavy atom. The van der Waals surface area contributed by atoms with Crippen molar-refractivity contribution in [1.29, 1.82) is 0 Å². The van der Waals surface area contributed by atoms with Crippen molar-refractivity contribution in [2.75, 3.05) is 13.2 Å². The molecule has 7 nitrogen and oxygen atoms in total. The van der Waals surface area contributed by atoms with Crippen LogP contribution in [0, 0.1) is 0 Å². The van der Waals surface area contributed by atoms with Crippen LogP contribution in [0.5, 0.6) is 11.5 Å². The second-order valence-electron chi connectivity index (χ2n) is 4.78. The zero-order chi connectivity index (χ0) is 14.4. The molecule has 0 unspecified atom stereocenters. The van der Waals surface area contributed by atoms with Gasteiger partial charge in [0.25, 0.3) is 0 Å². The number of benzene rings is 1. The van der Waals surface area contributed by atoms with E-state index in [-0.39, 0.29) is 5.69 Å². The molecule has 0 amide bonds. The molecule has 3 aromatic rings. The van der Waals surface area contributed by atoms with E-state index in [1.807, 2.05) is 18.2 Å². The summed E-state index contributed by atoms with van der Waals surface area (Å²) in [5.74, 6) is 1.43. The number of ether oxygens (including phenoxy) is 2. The van der Waals surface area contributed by atoms with Gasteiger partial charge in [-0.05, 0) is 18.2 Å². The molecule has 0 aliphatic carbocycles. The van der Waals surface area contributed by atoms with Crippen molar-refractivity contribution in [3.05, 3.63) is 34.9 Å². The number of rotatable bonds is 1. The van der Waals surface area contributed by atoms with Gasteiger partial charge < -0.3 is 9.47 Å². The fraction of sp³-hybridized carbons (Fsp3) is 0.214. The summed E-state index contributed by atoms with van der Waals surface area (Å²) in [6.45, 7) is 1.09. The summed E-state index contributed by atoms with van der Waals surface area (Å²) in [5, 5.41) is 0. The van der Waals surface area contributed by atoms with Crippen molar-refractivity contribution >= 4 is 11.3 Å². The van der Waals surface area contributed by atoms with Crippen molar-refractivity contribution in [1.82, 2.24) is 19.5 Å². The highest BCUT2D eigenvalue weighted by Gasteiger charge is 2.14. The Kier molecular flexibility index (Phi) is 2.47. The number of hydrogen-bond acceptors (Lipinski definition) is 5. The van der Waals surface area contributed by atoms with Crippen molar-refractivity contribution < 1.29 is 9.47 Å². The van der Waals surface area contributed by atoms with Crippen LogP contribution in [0.15, 0.2) is 29.2 Å². The molecule has 4 rings (SSSR count). The Labute approximate surface area is 119 Å². The zero-order valence-corrected chi connectivity index (χ0v) is 11.3. The molecule has 0 spiro atoms. The van der Waals surface area contributed by atoms with Crippen LogP contribution in [0.2, 0.25) is 0 Å². The fourth-order valence-corrected chi connectivity index (χ4v) is 2.32. The average Bonchev–Trinajstić information content (AvgIpc) is 2.81. The third-order valence-corrected chi connectivity index (χ3v) is 3.44. The van der Waals surface area contributed by atoms with Gasteiger partial charge in [0, 0.05) is 12.6 Å². The molecule has 1 aliphatic rings. The number of aromatic amines is 1. The van der Waals surface area contributed by atoms with E-state index < -0.39 is 0 Å². The normalized spacial score (nSPS) is 13.6. The first-order chi connectivity index (χ1) is 10.2. The number of fused-ring (bicyclic) bond motifs is 2. The molecule has 21 heavy (non-hydrogen) atoms. The number of nitrogens with zero attached hydrogens (tertiary/aromatic N) is 3. The highest BCUT2D eigenvalue weighted by atomic mass is 16.6. The first kappa shape index (κ1) is 12.0. The van der Waals surface area contributed by atoms with Crippen LogP contribution in [0.1, 0.15) is 0 Å². The van der Waals surface area contributed by atoms with Gasteiger partial charge in [0.2, 0.25) is 0 Å². The predicted molar refractivity (Wildman–Crippen MR) is 75.6 cm³/mol. The molecule has 0 fully saturated rings. The Morgan fingerprint density at radius 1 is 1.24 bits per heavy atom. The maximum absolute atomic E-state index is 11.6. The summed E-state index contributed by atoms with van der Waals surface area (Å²) in [4.78, 5) is 22.9. The van der Waals surface area contributed by atoms with E-state index >= 15 is 0 Å². The van der Waals surface area contributed by atoms with E-state index in [0.717, 1.165) is 11.3 Å². The summed E-state index contributed by atoms with van der Waals surface area (Å²) in [5.41, 5.74) is 2.30. The summed E-state index contributed by atoms with van der Waals surface area (Å²) < 4.78 is 12.5. The smallest absolute Gasteiger partial charge is 0.328 e. The monoisotopic (exact) mass is 284 g/mol. The molecule has 0 saturated heterocycles. The van der Waals surface area contributed by atoms with Crippen LogP contribution in [0.4, 0.5) is 0 Å². The SMILES string of the molecule is Cn1c(=O)[nH]c2ncc(-c3ccc4c(c3)OCCO4)nc21. The molecule has 2 aromatic heterocycles. The lowest BCUT2D eigenvalue weighted by Gasteiger charge is -2.18. The molecule has 0 radical (unpaired) electrons. The van der Waals surface area contributed by atoms with E-state index in [4.69, 9.17) is 9.47 Å². The fourth-order valence-electron chi connectivity index (χ4n) is 2.32. The molecular weight excluding hydrogens is 272 g/mol. The summed E-state index contributed by atoms with van der Waals surface area (Å²) in [7, 11) is 1.66. The maximum atomic E-state index is 11.6. The molecular formula is C14H12N4O3.